The Morgan fingerprint density at radius 3 is 1.32 bits per heavy atom. The van der Waals surface area contributed by atoms with E-state index in [1.165, 1.54) is 81.8 Å². The first-order valence-corrected chi connectivity index (χ1v) is 27.5. The molecule has 10 fully saturated rings. The summed E-state index contributed by atoms with van der Waals surface area (Å²) in [6.45, 7) is 35.9. The number of ketones is 2. The second-order valence-corrected chi connectivity index (χ2v) is 27.2. The van der Waals surface area contributed by atoms with Gasteiger partial charge < -0.3 is 28.5 Å². The summed E-state index contributed by atoms with van der Waals surface area (Å²) in [4.78, 5) is 23.2. The van der Waals surface area contributed by atoms with Gasteiger partial charge in [0.15, 0.2) is 11.6 Å². The Balaban J connectivity index is 0.000000177. The van der Waals surface area contributed by atoms with Gasteiger partial charge in [0.25, 0.3) is 0 Å². The molecule has 6 heteroatoms. The van der Waals surface area contributed by atoms with Crippen LogP contribution in [0.25, 0.3) is 0 Å². The quantitative estimate of drug-likeness (QED) is 0.226. The van der Waals surface area contributed by atoms with E-state index >= 15 is 0 Å². The summed E-state index contributed by atoms with van der Waals surface area (Å²) in [6.07, 6.45) is 23.5. The number of carbonyl (C=O) groups excluding carboxylic acids is 2. The molecule has 0 bridgehead atoms. The minimum Gasteiger partial charge on any atom is -0.349 e. The standard InChI is InChI=1S/C31H50O3.C28H44O3.CH4/c1-20(8-9-22(3)32)24-10-11-25-27-21(2)16-23-17-31(33-18-28(4,5)19-34-31)15-14-29(23,6)26(27)12-13-30(24,25)7;1-18(6-7-20(3)29)22-8-9-23-25-19(2)16-21-17-28(30-14-15-31-28)13-12-26(21,4)24(25)10-11-27(22,23)5;/h20,23-27H,2,8-19H2,1,3-7H3;18,21-25H,2,6-17H2,1,3-5H3;1H4/t20-,23-,24-,25+,26+,27+,29+,30-;18-,21-,22-,23+,24+,25+,26+,27-;/m11./s1. The fourth-order valence-electron chi connectivity index (χ4n) is 19.1. The Morgan fingerprint density at radius 1 is 0.545 bits per heavy atom. The van der Waals surface area contributed by atoms with Crippen molar-refractivity contribution in [3.8, 4) is 0 Å². The number of fused-ring (bicyclic) bond motifs is 10. The maximum Gasteiger partial charge on any atom is 0.168 e. The molecule has 8 aliphatic carbocycles. The molecule has 0 N–H and O–H groups in total. The molecule has 0 aromatic rings. The molecule has 0 aromatic carbocycles. The van der Waals surface area contributed by atoms with Gasteiger partial charge in [-0.2, -0.15) is 0 Å². The third kappa shape index (κ3) is 8.68. The molecule has 2 heterocycles. The fourth-order valence-corrected chi connectivity index (χ4v) is 19.1. The molecule has 0 radical (unpaired) electrons. The van der Waals surface area contributed by atoms with Crippen LogP contribution in [0.4, 0.5) is 0 Å². The van der Waals surface area contributed by atoms with Crippen molar-refractivity contribution in [1.29, 1.82) is 0 Å². The third-order valence-corrected chi connectivity index (χ3v) is 23.0. The molecule has 374 valence electrons. The molecule has 10 aliphatic rings. The van der Waals surface area contributed by atoms with E-state index in [2.05, 4.69) is 55.4 Å². The number of hydrogen-bond acceptors (Lipinski definition) is 6. The van der Waals surface area contributed by atoms with Gasteiger partial charge in [-0.25, -0.2) is 0 Å². The first kappa shape index (κ1) is 51.0. The highest BCUT2D eigenvalue weighted by Gasteiger charge is 2.65. The maximum atomic E-state index is 11.6. The summed E-state index contributed by atoms with van der Waals surface area (Å²) in [7, 11) is 0. The van der Waals surface area contributed by atoms with Gasteiger partial charge in [-0.05, 0) is 196 Å². The highest BCUT2D eigenvalue weighted by atomic mass is 16.7. The minimum atomic E-state index is -0.347. The number of ether oxygens (including phenoxy) is 4. The average Bonchev–Trinajstić information content (AvgIpc) is 3.97. The van der Waals surface area contributed by atoms with Gasteiger partial charge in [0.2, 0.25) is 0 Å². The fraction of sp³-hybridized carbons (Fsp3) is 0.900. The molecule has 0 aromatic heterocycles. The van der Waals surface area contributed by atoms with Crippen molar-refractivity contribution in [2.45, 2.75) is 217 Å². The van der Waals surface area contributed by atoms with E-state index in [0.29, 0.717) is 68.7 Å². The summed E-state index contributed by atoms with van der Waals surface area (Å²) >= 11 is 0. The Bertz CT molecular complexity index is 1810. The molecule has 8 saturated carbocycles. The maximum absolute atomic E-state index is 11.6. The number of rotatable bonds is 8. The molecule has 2 aliphatic heterocycles. The van der Waals surface area contributed by atoms with Gasteiger partial charge in [0, 0.05) is 43.9 Å². The van der Waals surface area contributed by atoms with Crippen LogP contribution in [0.1, 0.15) is 205 Å². The van der Waals surface area contributed by atoms with E-state index in [0.717, 1.165) is 120 Å². The Labute approximate surface area is 404 Å². The molecule has 2 saturated heterocycles. The van der Waals surface area contributed by atoms with E-state index in [9.17, 15) is 9.59 Å². The van der Waals surface area contributed by atoms with Crippen molar-refractivity contribution in [2.24, 2.45) is 98.1 Å². The zero-order valence-corrected chi connectivity index (χ0v) is 43.3. The van der Waals surface area contributed by atoms with Crippen LogP contribution in [0, 0.1) is 98.1 Å². The lowest BCUT2D eigenvalue weighted by Gasteiger charge is -2.63. The highest BCUT2D eigenvalue weighted by molar-refractivity contribution is 5.75. The van der Waals surface area contributed by atoms with E-state index in [1.54, 1.807) is 13.8 Å². The molecular formula is C60H98O6. The minimum absolute atomic E-state index is 0. The van der Waals surface area contributed by atoms with Gasteiger partial charge >= 0.3 is 0 Å². The van der Waals surface area contributed by atoms with Crippen LogP contribution in [-0.2, 0) is 28.5 Å². The molecule has 2 spiro atoms. The largest absolute Gasteiger partial charge is 0.349 e. The van der Waals surface area contributed by atoms with Gasteiger partial charge in [0.05, 0.1) is 26.4 Å². The van der Waals surface area contributed by atoms with Crippen molar-refractivity contribution in [2.75, 3.05) is 26.4 Å². The van der Waals surface area contributed by atoms with Gasteiger partial charge in [0.1, 0.15) is 11.6 Å². The van der Waals surface area contributed by atoms with Crippen LogP contribution in [0.15, 0.2) is 24.3 Å². The predicted molar refractivity (Wildman–Crippen MR) is 267 cm³/mol. The first-order valence-electron chi connectivity index (χ1n) is 27.5. The van der Waals surface area contributed by atoms with Crippen molar-refractivity contribution in [1.82, 2.24) is 0 Å². The van der Waals surface area contributed by atoms with Gasteiger partial charge in [-0.15, -0.1) is 0 Å². The second-order valence-electron chi connectivity index (χ2n) is 27.2. The van der Waals surface area contributed by atoms with Crippen molar-refractivity contribution in [3.63, 3.8) is 0 Å². The molecule has 66 heavy (non-hydrogen) atoms. The van der Waals surface area contributed by atoms with Gasteiger partial charge in [-0.1, -0.05) is 87.1 Å². The number of carbonyl (C=O) groups is 2. The number of hydrogen-bond donors (Lipinski definition) is 0. The van der Waals surface area contributed by atoms with Crippen LogP contribution in [0.2, 0.25) is 0 Å². The lowest BCUT2D eigenvalue weighted by atomic mass is 9.43. The lowest BCUT2D eigenvalue weighted by molar-refractivity contribution is -0.328. The van der Waals surface area contributed by atoms with Crippen molar-refractivity contribution in [3.05, 3.63) is 24.3 Å². The second kappa shape index (κ2) is 18.4. The van der Waals surface area contributed by atoms with Crippen molar-refractivity contribution < 1.29 is 28.5 Å². The first-order chi connectivity index (χ1) is 30.6. The van der Waals surface area contributed by atoms with Gasteiger partial charge in [-0.3, -0.25) is 0 Å². The third-order valence-electron chi connectivity index (χ3n) is 23.0. The van der Waals surface area contributed by atoms with Crippen LogP contribution >= 0.6 is 0 Å². The lowest BCUT2D eigenvalue weighted by Crippen LogP contribution is -2.59. The zero-order chi connectivity index (χ0) is 46.5. The van der Waals surface area contributed by atoms with Crippen LogP contribution in [0.3, 0.4) is 0 Å². The van der Waals surface area contributed by atoms with Crippen molar-refractivity contribution >= 4 is 11.6 Å². The average molecular weight is 915 g/mol. The van der Waals surface area contributed by atoms with Crippen LogP contribution < -0.4 is 0 Å². The summed E-state index contributed by atoms with van der Waals surface area (Å²) in [5.41, 5.74) is 4.84. The van der Waals surface area contributed by atoms with E-state index in [1.807, 2.05) is 0 Å². The monoisotopic (exact) mass is 915 g/mol. The summed E-state index contributed by atoms with van der Waals surface area (Å²) in [6, 6.07) is 0. The highest BCUT2D eigenvalue weighted by Crippen LogP contribution is 2.72. The Hall–Kier alpha value is -1.34. The normalized spacial score (nSPS) is 45.7. The zero-order valence-electron chi connectivity index (χ0n) is 43.3. The number of Topliss-reactive ketones (excluding diaryl/α,β-unsaturated/α-hetero) is 2. The van der Waals surface area contributed by atoms with E-state index in [4.69, 9.17) is 32.1 Å². The molecule has 6 nitrogen and oxygen atoms in total. The molecular weight excluding hydrogens is 817 g/mol. The predicted octanol–water partition coefficient (Wildman–Crippen LogP) is 14.8. The summed E-state index contributed by atoms with van der Waals surface area (Å²) in [5, 5.41) is 0. The molecule has 16 atom stereocenters. The van der Waals surface area contributed by atoms with Crippen LogP contribution in [-0.4, -0.2) is 49.6 Å². The Kier molecular flexibility index (Phi) is 14.2. The SMILES string of the molecule is C.C=C1C[C@@H]2CC3(CC[C@]2(C)[C@H]2CC[C@]4(C)[C@@H]([C@H](C)CCC(C)=O)CC[C@H]4[C@H]12)OCC(C)(C)CO3.C=C1C[C@@H]2CC3(CC[C@]2(C)[C@H]2CC[C@]4(C)[C@@H]([C@H](C)CCC(C)=O)CC[C@H]4[C@H]12)OCCO3. The molecule has 10 rings (SSSR count). The van der Waals surface area contributed by atoms with E-state index < -0.39 is 0 Å². The van der Waals surface area contributed by atoms with E-state index in [-0.39, 0.29) is 24.4 Å². The number of allylic oxidation sites excluding steroid dienone is 2. The smallest absolute Gasteiger partial charge is 0.168 e. The summed E-state index contributed by atoms with van der Waals surface area (Å²) in [5.74, 6) is 8.68. The molecule has 0 amide bonds. The molecule has 0 unspecified atom stereocenters. The topological polar surface area (TPSA) is 71.1 Å². The Morgan fingerprint density at radius 2 is 0.924 bits per heavy atom. The summed E-state index contributed by atoms with van der Waals surface area (Å²) < 4.78 is 25.2. The van der Waals surface area contributed by atoms with Crippen LogP contribution in [0.5, 0.6) is 0 Å².